The number of anilines is 2. The fraction of sp³-hybridized carbons (Fsp3) is 0.320. The highest BCUT2D eigenvalue weighted by atomic mass is 32.1. The summed E-state index contributed by atoms with van der Waals surface area (Å²) in [5, 5.41) is 41.6. The molecule has 3 rings (SSSR count). The second-order valence-corrected chi connectivity index (χ2v) is 9.63. The Bertz CT molecular complexity index is 1310. The molecular weight excluding hydrogens is 503 g/mol. The Morgan fingerprint density at radius 2 is 1.78 bits per heavy atom. The minimum absolute atomic E-state index is 0.0870. The molecule has 2 aromatic heterocycles. The summed E-state index contributed by atoms with van der Waals surface area (Å²) in [5.41, 5.74) is 2.46. The van der Waals surface area contributed by atoms with E-state index in [4.69, 9.17) is 5.11 Å². The second kappa shape index (κ2) is 12.0. The highest BCUT2D eigenvalue weighted by Gasteiger charge is 2.20. The Hall–Kier alpha value is -3.74. The molecule has 12 heteroatoms. The van der Waals surface area contributed by atoms with Gasteiger partial charge in [-0.2, -0.15) is 0 Å². The van der Waals surface area contributed by atoms with E-state index in [9.17, 15) is 29.3 Å². The van der Waals surface area contributed by atoms with Gasteiger partial charge in [0.1, 0.15) is 10.7 Å². The molecule has 0 aliphatic carbocycles. The number of aromatic carboxylic acids is 1. The first-order valence-electron chi connectivity index (χ1n) is 11.4. The molecule has 0 spiro atoms. The fourth-order valence-corrected chi connectivity index (χ4v) is 4.37. The Balaban J connectivity index is 2.05. The van der Waals surface area contributed by atoms with Gasteiger partial charge in [-0.15, -0.1) is 0 Å². The number of benzene rings is 1. The molecule has 2 atom stereocenters. The number of aliphatic hydroxyl groups excluding tert-OH is 2. The maximum Gasteiger partial charge on any atom is 0.347 e. The van der Waals surface area contributed by atoms with Crippen LogP contribution in [0.2, 0.25) is 0 Å². The number of rotatable bonds is 11. The maximum atomic E-state index is 13.6. The Kier molecular flexibility index (Phi) is 9.03. The molecule has 0 saturated carbocycles. The number of aryl methyl sites for hydroxylation is 1. The lowest BCUT2D eigenvalue weighted by Crippen LogP contribution is -2.19. The molecule has 0 fully saturated rings. The molecule has 37 heavy (non-hydrogen) atoms. The number of nitrogens with one attached hydrogen (secondary N) is 1. The highest BCUT2D eigenvalue weighted by Crippen LogP contribution is 2.32. The van der Waals surface area contributed by atoms with E-state index in [0.29, 0.717) is 33.3 Å². The van der Waals surface area contributed by atoms with Crippen LogP contribution in [-0.2, 0) is 4.79 Å². The second-order valence-electron chi connectivity index (χ2n) is 8.63. The average Bonchev–Trinajstić information content (AvgIpc) is 3.17. The van der Waals surface area contributed by atoms with Gasteiger partial charge in [-0.25, -0.2) is 24.1 Å². The summed E-state index contributed by atoms with van der Waals surface area (Å²) in [6.45, 7) is 5.39. The lowest BCUT2D eigenvalue weighted by atomic mass is 9.97. The molecule has 0 bridgehead atoms. The summed E-state index contributed by atoms with van der Waals surface area (Å²) in [4.78, 5) is 35.7. The molecule has 0 unspecified atom stereocenters. The maximum absolute atomic E-state index is 13.6. The van der Waals surface area contributed by atoms with Crippen LogP contribution in [0, 0.1) is 12.7 Å². The average molecular weight is 531 g/mol. The monoisotopic (exact) mass is 530 g/mol. The van der Waals surface area contributed by atoms with Crippen molar-refractivity contribution in [1.29, 1.82) is 0 Å². The number of thiazole rings is 1. The van der Waals surface area contributed by atoms with E-state index in [1.54, 1.807) is 25.1 Å². The zero-order chi connectivity index (χ0) is 27.3. The molecule has 2 heterocycles. The topological polar surface area (TPSA) is 166 Å². The molecule has 1 aromatic carbocycles. The molecule has 3 aromatic rings. The summed E-state index contributed by atoms with van der Waals surface area (Å²) in [6.07, 6.45) is -0.0293. The van der Waals surface area contributed by atoms with Crippen LogP contribution in [0.15, 0.2) is 30.3 Å². The Morgan fingerprint density at radius 1 is 1.11 bits per heavy atom. The third kappa shape index (κ3) is 7.38. The zero-order valence-electron chi connectivity index (χ0n) is 20.3. The van der Waals surface area contributed by atoms with Crippen LogP contribution in [0.3, 0.4) is 0 Å². The van der Waals surface area contributed by atoms with E-state index >= 15 is 0 Å². The standard InChI is InChI=1S/C25H27FN4O6S/c1-12(2)20-18(9-8-16(31)10-17(32)11-19(33)34)21(14-4-6-15(26)7-5-14)29-24(28-20)30-25-27-13(3)22(37-25)23(35)36/h4-9,12,16-17,31-32H,10-11H2,1-3H3,(H,33,34)(H,35,36)(H,27,28,29,30)/t16-,17-/m1/s1. The molecule has 0 aliphatic heterocycles. The molecule has 10 nitrogen and oxygen atoms in total. The normalized spacial score (nSPS) is 13.2. The number of hydrogen-bond donors (Lipinski definition) is 5. The van der Waals surface area contributed by atoms with Crippen molar-refractivity contribution in [2.24, 2.45) is 0 Å². The van der Waals surface area contributed by atoms with Crippen LogP contribution < -0.4 is 5.32 Å². The van der Waals surface area contributed by atoms with Crippen molar-refractivity contribution < 1.29 is 34.4 Å². The smallest absolute Gasteiger partial charge is 0.347 e. The van der Waals surface area contributed by atoms with Crippen LogP contribution in [0.4, 0.5) is 15.5 Å². The molecule has 0 aliphatic rings. The van der Waals surface area contributed by atoms with Gasteiger partial charge < -0.3 is 20.4 Å². The van der Waals surface area contributed by atoms with E-state index in [-0.39, 0.29) is 23.2 Å². The third-order valence-electron chi connectivity index (χ3n) is 5.26. The first-order valence-corrected chi connectivity index (χ1v) is 12.2. The quantitative estimate of drug-likeness (QED) is 0.242. The number of aromatic nitrogens is 3. The van der Waals surface area contributed by atoms with Crippen molar-refractivity contribution in [3.05, 3.63) is 58.0 Å². The number of hydrogen-bond acceptors (Lipinski definition) is 9. The van der Waals surface area contributed by atoms with Gasteiger partial charge in [-0.1, -0.05) is 37.3 Å². The summed E-state index contributed by atoms with van der Waals surface area (Å²) < 4.78 is 13.6. The summed E-state index contributed by atoms with van der Waals surface area (Å²) in [6, 6.07) is 5.67. The van der Waals surface area contributed by atoms with Gasteiger partial charge in [0.05, 0.1) is 35.7 Å². The largest absolute Gasteiger partial charge is 0.481 e. The van der Waals surface area contributed by atoms with E-state index in [1.165, 1.54) is 18.2 Å². The molecule has 0 radical (unpaired) electrons. The van der Waals surface area contributed by atoms with Crippen molar-refractivity contribution in [1.82, 2.24) is 15.0 Å². The zero-order valence-corrected chi connectivity index (χ0v) is 21.2. The molecule has 5 N–H and O–H groups in total. The lowest BCUT2D eigenvalue weighted by molar-refractivity contribution is -0.139. The van der Waals surface area contributed by atoms with Gasteiger partial charge in [0.25, 0.3) is 0 Å². The van der Waals surface area contributed by atoms with Crippen LogP contribution in [0.25, 0.3) is 17.3 Å². The van der Waals surface area contributed by atoms with Gasteiger partial charge in [-0.3, -0.25) is 10.1 Å². The molecule has 0 amide bonds. The molecule has 196 valence electrons. The van der Waals surface area contributed by atoms with E-state index in [1.807, 2.05) is 13.8 Å². The first kappa shape index (κ1) is 27.8. The predicted molar refractivity (Wildman–Crippen MR) is 137 cm³/mol. The number of carboxylic acid groups (broad SMARTS) is 2. The molecule has 0 saturated heterocycles. The predicted octanol–water partition coefficient (Wildman–Crippen LogP) is 4.21. The van der Waals surface area contributed by atoms with Crippen LogP contribution >= 0.6 is 11.3 Å². The lowest BCUT2D eigenvalue weighted by Gasteiger charge is -2.17. The minimum atomic E-state index is -1.22. The number of aliphatic carboxylic acids is 1. The number of nitrogens with zero attached hydrogens (tertiary/aromatic N) is 3. The Morgan fingerprint density at radius 3 is 2.35 bits per heavy atom. The minimum Gasteiger partial charge on any atom is -0.481 e. The van der Waals surface area contributed by atoms with Crippen LogP contribution in [0.1, 0.15) is 59.2 Å². The summed E-state index contributed by atoms with van der Waals surface area (Å²) in [7, 11) is 0. The third-order valence-corrected chi connectivity index (χ3v) is 6.32. The number of carbonyl (C=O) groups is 2. The van der Waals surface area contributed by atoms with Crippen molar-refractivity contribution in [3.8, 4) is 11.3 Å². The van der Waals surface area contributed by atoms with Crippen molar-refractivity contribution in [2.75, 3.05) is 5.32 Å². The summed E-state index contributed by atoms with van der Waals surface area (Å²) >= 11 is 0.945. The van der Waals surface area contributed by atoms with E-state index in [0.717, 1.165) is 11.3 Å². The van der Waals surface area contributed by atoms with Gasteiger partial charge in [0.2, 0.25) is 5.95 Å². The van der Waals surface area contributed by atoms with Gasteiger partial charge in [0, 0.05) is 17.5 Å². The fourth-order valence-electron chi connectivity index (χ4n) is 3.57. The van der Waals surface area contributed by atoms with Gasteiger partial charge in [-0.05, 0) is 37.1 Å². The Labute approximate surface area is 216 Å². The summed E-state index contributed by atoms with van der Waals surface area (Å²) in [5.74, 6) is -2.66. The number of halogens is 1. The first-order chi connectivity index (χ1) is 17.4. The van der Waals surface area contributed by atoms with Crippen LogP contribution in [0.5, 0.6) is 0 Å². The van der Waals surface area contributed by atoms with Gasteiger partial charge >= 0.3 is 11.9 Å². The number of aliphatic hydroxyl groups is 2. The number of carboxylic acids is 2. The van der Waals surface area contributed by atoms with E-state index < -0.39 is 36.4 Å². The molecular formula is C25H27FN4O6S. The van der Waals surface area contributed by atoms with E-state index in [2.05, 4.69) is 20.3 Å². The van der Waals surface area contributed by atoms with Crippen LogP contribution in [-0.4, -0.2) is 59.5 Å². The highest BCUT2D eigenvalue weighted by molar-refractivity contribution is 7.17. The van der Waals surface area contributed by atoms with Crippen molar-refractivity contribution >= 4 is 40.4 Å². The SMILES string of the molecule is Cc1nc(Nc2nc(-c3ccc(F)cc3)c(C=C[C@@H](O)C[C@@H](O)CC(=O)O)c(C(C)C)n2)sc1C(=O)O. The van der Waals surface area contributed by atoms with Gasteiger partial charge in [0.15, 0.2) is 5.13 Å². The van der Waals surface area contributed by atoms with Crippen molar-refractivity contribution in [2.45, 2.75) is 51.7 Å². The van der Waals surface area contributed by atoms with Crippen molar-refractivity contribution in [3.63, 3.8) is 0 Å².